The van der Waals surface area contributed by atoms with Gasteiger partial charge in [-0.15, -0.1) is 11.3 Å². The van der Waals surface area contributed by atoms with Crippen LogP contribution in [-0.2, 0) is 6.54 Å². The molecule has 0 atom stereocenters. The van der Waals surface area contributed by atoms with Crippen LogP contribution < -0.4 is 10.5 Å². The third kappa shape index (κ3) is 2.21. The highest BCUT2D eigenvalue weighted by Gasteiger charge is 2.08. The molecule has 0 aliphatic carbocycles. The minimum Gasteiger partial charge on any atom is -0.496 e. The van der Waals surface area contributed by atoms with Crippen LogP contribution in [0.1, 0.15) is 4.88 Å². The molecule has 0 fully saturated rings. The molecule has 84 valence electrons. The van der Waals surface area contributed by atoms with Crippen LogP contribution in [0.4, 0.5) is 0 Å². The van der Waals surface area contributed by atoms with Gasteiger partial charge in [-0.3, -0.25) is 0 Å². The molecule has 1 heterocycles. The van der Waals surface area contributed by atoms with Gasteiger partial charge in [-0.25, -0.2) is 0 Å². The first-order valence-corrected chi connectivity index (χ1v) is 6.11. The molecule has 0 spiro atoms. The van der Waals surface area contributed by atoms with E-state index in [1.54, 1.807) is 18.4 Å². The Morgan fingerprint density at radius 3 is 2.81 bits per heavy atom. The summed E-state index contributed by atoms with van der Waals surface area (Å²) < 4.78 is 5.31. The van der Waals surface area contributed by atoms with Crippen molar-refractivity contribution in [3.63, 3.8) is 0 Å². The largest absolute Gasteiger partial charge is 0.496 e. The molecular weight excluding hydrogens is 242 g/mol. The Morgan fingerprint density at radius 2 is 2.19 bits per heavy atom. The van der Waals surface area contributed by atoms with Crippen molar-refractivity contribution in [1.29, 1.82) is 0 Å². The smallest absolute Gasteiger partial charge is 0.126 e. The van der Waals surface area contributed by atoms with Crippen LogP contribution in [0.2, 0.25) is 5.02 Å². The van der Waals surface area contributed by atoms with Crippen molar-refractivity contribution in [3.05, 3.63) is 39.5 Å². The highest BCUT2D eigenvalue weighted by Crippen LogP contribution is 2.34. The zero-order valence-corrected chi connectivity index (χ0v) is 10.4. The van der Waals surface area contributed by atoms with Crippen molar-refractivity contribution >= 4 is 22.9 Å². The fourth-order valence-corrected chi connectivity index (χ4v) is 2.47. The summed E-state index contributed by atoms with van der Waals surface area (Å²) in [5.41, 5.74) is 7.70. The Kier molecular flexibility index (Phi) is 3.49. The molecule has 0 amide bonds. The van der Waals surface area contributed by atoms with Crippen LogP contribution in [0.5, 0.6) is 5.75 Å². The molecule has 0 bridgehead atoms. The van der Waals surface area contributed by atoms with Crippen molar-refractivity contribution in [1.82, 2.24) is 0 Å². The monoisotopic (exact) mass is 253 g/mol. The molecule has 16 heavy (non-hydrogen) atoms. The van der Waals surface area contributed by atoms with Crippen molar-refractivity contribution in [3.8, 4) is 16.9 Å². The molecule has 0 unspecified atom stereocenters. The minimum atomic E-state index is 0.563. The molecule has 0 saturated carbocycles. The summed E-state index contributed by atoms with van der Waals surface area (Å²) in [6.45, 7) is 0.563. The molecule has 2 N–H and O–H groups in total. The molecule has 2 nitrogen and oxygen atoms in total. The predicted octanol–water partition coefficient (Wildman–Crippen LogP) is 3.54. The fourth-order valence-electron chi connectivity index (χ4n) is 1.53. The van der Waals surface area contributed by atoms with Gasteiger partial charge < -0.3 is 10.5 Å². The van der Waals surface area contributed by atoms with Gasteiger partial charge in [-0.1, -0.05) is 11.6 Å². The van der Waals surface area contributed by atoms with Gasteiger partial charge in [0, 0.05) is 22.0 Å². The number of nitrogens with two attached hydrogens (primary N) is 1. The van der Waals surface area contributed by atoms with E-state index in [-0.39, 0.29) is 0 Å². The van der Waals surface area contributed by atoms with E-state index in [4.69, 9.17) is 22.1 Å². The Morgan fingerprint density at radius 1 is 1.38 bits per heavy atom. The summed E-state index contributed by atoms with van der Waals surface area (Å²) in [5.74, 6) is 0.825. The first kappa shape index (κ1) is 11.5. The van der Waals surface area contributed by atoms with Crippen molar-refractivity contribution in [2.45, 2.75) is 6.54 Å². The van der Waals surface area contributed by atoms with E-state index in [0.717, 1.165) is 21.8 Å². The van der Waals surface area contributed by atoms with E-state index < -0.39 is 0 Å². The normalized spacial score (nSPS) is 10.4. The minimum absolute atomic E-state index is 0.563. The predicted molar refractivity (Wildman–Crippen MR) is 69.2 cm³/mol. The van der Waals surface area contributed by atoms with E-state index in [1.807, 2.05) is 18.2 Å². The maximum Gasteiger partial charge on any atom is 0.126 e. The zero-order valence-electron chi connectivity index (χ0n) is 8.87. The lowest BCUT2D eigenvalue weighted by molar-refractivity contribution is 0.416. The summed E-state index contributed by atoms with van der Waals surface area (Å²) in [7, 11) is 1.66. The second-order valence-corrected chi connectivity index (χ2v) is 4.78. The Bertz CT molecular complexity index is 496. The molecule has 0 aliphatic heterocycles. The summed E-state index contributed by atoms with van der Waals surface area (Å²) in [6, 6.07) is 7.67. The number of benzene rings is 1. The topological polar surface area (TPSA) is 35.2 Å². The summed E-state index contributed by atoms with van der Waals surface area (Å²) in [4.78, 5) is 1.15. The fraction of sp³-hybridized carbons (Fsp3) is 0.167. The molecule has 2 rings (SSSR count). The quantitative estimate of drug-likeness (QED) is 0.908. The van der Waals surface area contributed by atoms with Crippen molar-refractivity contribution < 1.29 is 4.74 Å². The summed E-state index contributed by atoms with van der Waals surface area (Å²) in [6.07, 6.45) is 0. The summed E-state index contributed by atoms with van der Waals surface area (Å²) >= 11 is 7.63. The van der Waals surface area contributed by atoms with Gasteiger partial charge in [0.25, 0.3) is 0 Å². The second kappa shape index (κ2) is 4.87. The van der Waals surface area contributed by atoms with E-state index in [0.29, 0.717) is 11.6 Å². The second-order valence-electron chi connectivity index (χ2n) is 3.35. The van der Waals surface area contributed by atoms with Gasteiger partial charge in [0.05, 0.1) is 7.11 Å². The number of methoxy groups -OCH3 is 1. The lowest BCUT2D eigenvalue weighted by Crippen LogP contribution is -1.91. The standard InChI is InChI=1S/C12H12ClNOS/c1-15-12-3-2-9(13)5-11(12)8-4-10(6-14)16-7-8/h2-5,7H,6,14H2,1H3. The van der Waals surface area contributed by atoms with Crippen LogP contribution in [0.15, 0.2) is 29.6 Å². The lowest BCUT2D eigenvalue weighted by atomic mass is 10.1. The zero-order chi connectivity index (χ0) is 11.5. The molecule has 4 heteroatoms. The van der Waals surface area contributed by atoms with Gasteiger partial charge in [0.2, 0.25) is 0 Å². The highest BCUT2D eigenvalue weighted by molar-refractivity contribution is 7.10. The van der Waals surface area contributed by atoms with E-state index in [9.17, 15) is 0 Å². The van der Waals surface area contributed by atoms with Crippen LogP contribution >= 0.6 is 22.9 Å². The number of rotatable bonds is 3. The number of ether oxygens (including phenoxy) is 1. The van der Waals surface area contributed by atoms with E-state index >= 15 is 0 Å². The highest BCUT2D eigenvalue weighted by atomic mass is 35.5. The molecule has 0 radical (unpaired) electrons. The lowest BCUT2D eigenvalue weighted by Gasteiger charge is -2.07. The first-order valence-electron chi connectivity index (χ1n) is 4.86. The van der Waals surface area contributed by atoms with Crippen LogP contribution in [0.3, 0.4) is 0 Å². The molecule has 0 saturated heterocycles. The molecule has 2 aromatic rings. The average molecular weight is 254 g/mol. The van der Waals surface area contributed by atoms with Crippen LogP contribution in [0.25, 0.3) is 11.1 Å². The molecule has 1 aromatic carbocycles. The molecular formula is C12H12ClNOS. The first-order chi connectivity index (χ1) is 7.74. The third-order valence-corrected chi connectivity index (χ3v) is 3.52. The van der Waals surface area contributed by atoms with Crippen molar-refractivity contribution in [2.75, 3.05) is 7.11 Å². The number of thiophene rings is 1. The van der Waals surface area contributed by atoms with Gasteiger partial charge in [-0.2, -0.15) is 0 Å². The van der Waals surface area contributed by atoms with Crippen molar-refractivity contribution in [2.24, 2.45) is 5.73 Å². The van der Waals surface area contributed by atoms with Crippen LogP contribution in [0, 0.1) is 0 Å². The van der Waals surface area contributed by atoms with E-state index in [1.165, 1.54) is 0 Å². The van der Waals surface area contributed by atoms with Gasteiger partial charge >= 0.3 is 0 Å². The maximum absolute atomic E-state index is 5.99. The number of hydrogen-bond acceptors (Lipinski definition) is 3. The van der Waals surface area contributed by atoms with Gasteiger partial charge in [-0.05, 0) is 35.2 Å². The Hall–Kier alpha value is -1.03. The number of hydrogen-bond donors (Lipinski definition) is 1. The van der Waals surface area contributed by atoms with Gasteiger partial charge in [0.1, 0.15) is 5.75 Å². The average Bonchev–Trinajstić information content (AvgIpc) is 2.77. The van der Waals surface area contributed by atoms with E-state index in [2.05, 4.69) is 11.4 Å². The third-order valence-electron chi connectivity index (χ3n) is 2.33. The summed E-state index contributed by atoms with van der Waals surface area (Å²) in [5, 5.41) is 2.77. The van der Waals surface area contributed by atoms with Gasteiger partial charge in [0.15, 0.2) is 0 Å². The SMILES string of the molecule is COc1ccc(Cl)cc1-c1csc(CN)c1. The van der Waals surface area contributed by atoms with Crippen LogP contribution in [-0.4, -0.2) is 7.11 Å². The number of halogens is 1. The Balaban J connectivity index is 2.49. The Labute approximate surface area is 104 Å². The molecule has 1 aromatic heterocycles. The maximum atomic E-state index is 5.99. The molecule has 0 aliphatic rings.